The minimum absolute atomic E-state index is 0.0860. The van der Waals surface area contributed by atoms with Crippen LogP contribution in [-0.4, -0.2) is 42.2 Å². The van der Waals surface area contributed by atoms with E-state index in [1.807, 2.05) is 6.07 Å². The minimum Gasteiger partial charge on any atom is -0.394 e. The first-order chi connectivity index (χ1) is 12.1. The molecule has 1 saturated heterocycles. The van der Waals surface area contributed by atoms with Crippen LogP contribution in [0.5, 0.6) is 0 Å². The second-order valence-electron chi connectivity index (χ2n) is 7.83. The number of aliphatic hydroxyl groups excluding tert-OH is 1. The first-order valence-electron chi connectivity index (χ1n) is 9.55. The number of amides is 1. The maximum Gasteiger partial charge on any atom is 0.226 e. The number of rotatable bonds is 2. The highest BCUT2D eigenvalue weighted by Gasteiger charge is 2.48. The van der Waals surface area contributed by atoms with Crippen molar-refractivity contribution in [2.24, 2.45) is 11.8 Å². The van der Waals surface area contributed by atoms with Gasteiger partial charge in [0, 0.05) is 35.6 Å². The molecular weight excluding hydrogens is 380 g/mol. The summed E-state index contributed by atoms with van der Waals surface area (Å²) in [5.74, 6) is 0.860. The number of carbonyl (C=O) groups is 1. The summed E-state index contributed by atoms with van der Waals surface area (Å²) in [5, 5.41) is 10.0. The van der Waals surface area contributed by atoms with Gasteiger partial charge in [-0.2, -0.15) is 0 Å². The quantitative estimate of drug-likeness (QED) is 0.813. The molecule has 0 spiro atoms. The Morgan fingerprint density at radius 1 is 1.24 bits per heavy atom. The van der Waals surface area contributed by atoms with E-state index in [1.165, 1.54) is 24.8 Å². The van der Waals surface area contributed by atoms with Crippen LogP contribution in [0.25, 0.3) is 0 Å². The number of nitrogens with zero attached hydrogens (tertiary/aromatic N) is 2. The second kappa shape index (κ2) is 6.92. The molecule has 136 valence electrons. The number of hydrogen-bond acceptors (Lipinski definition) is 3. The van der Waals surface area contributed by atoms with Crippen molar-refractivity contribution in [2.45, 2.75) is 50.6 Å². The summed E-state index contributed by atoms with van der Waals surface area (Å²) in [6.45, 7) is 0.958. The van der Waals surface area contributed by atoms with Crippen LogP contribution in [0.3, 0.4) is 0 Å². The predicted octanol–water partition coefficient (Wildman–Crippen LogP) is 3.73. The summed E-state index contributed by atoms with van der Waals surface area (Å²) >= 11 is 3.60. The first-order valence-corrected chi connectivity index (χ1v) is 10.3. The van der Waals surface area contributed by atoms with Gasteiger partial charge >= 0.3 is 0 Å². The van der Waals surface area contributed by atoms with E-state index in [1.54, 1.807) is 0 Å². The summed E-state index contributed by atoms with van der Waals surface area (Å²) in [5.41, 5.74) is 2.38. The molecule has 4 nitrogen and oxygen atoms in total. The monoisotopic (exact) mass is 406 g/mol. The van der Waals surface area contributed by atoms with Gasteiger partial charge in [-0.15, -0.1) is 0 Å². The van der Waals surface area contributed by atoms with Gasteiger partial charge in [0.2, 0.25) is 5.91 Å². The van der Waals surface area contributed by atoms with Crippen LogP contribution in [0.15, 0.2) is 22.7 Å². The Kier molecular flexibility index (Phi) is 4.80. The van der Waals surface area contributed by atoms with Crippen LogP contribution in [0, 0.1) is 11.8 Å². The van der Waals surface area contributed by atoms with Crippen molar-refractivity contribution in [3.05, 3.63) is 28.2 Å². The lowest BCUT2D eigenvalue weighted by Crippen LogP contribution is -2.49. The lowest BCUT2D eigenvalue weighted by molar-refractivity contribution is -0.138. The predicted molar refractivity (Wildman–Crippen MR) is 103 cm³/mol. The zero-order valence-electron chi connectivity index (χ0n) is 14.8. The van der Waals surface area contributed by atoms with Gasteiger partial charge in [0.1, 0.15) is 0 Å². The molecule has 25 heavy (non-hydrogen) atoms. The number of aliphatic hydroxyl groups is 1. The Hall–Kier alpha value is -1.07. The Morgan fingerprint density at radius 2 is 2.00 bits per heavy atom. The number of hydrogen-bond donors (Lipinski definition) is 1. The van der Waals surface area contributed by atoms with Crippen molar-refractivity contribution in [1.82, 2.24) is 4.90 Å². The van der Waals surface area contributed by atoms with Crippen molar-refractivity contribution in [2.75, 3.05) is 25.1 Å². The first kappa shape index (κ1) is 17.3. The number of likely N-dealkylation sites (tertiary alicyclic amines) is 1. The van der Waals surface area contributed by atoms with Gasteiger partial charge < -0.3 is 14.9 Å². The summed E-state index contributed by atoms with van der Waals surface area (Å²) in [6, 6.07) is 6.52. The Balaban J connectivity index is 1.71. The van der Waals surface area contributed by atoms with Crippen molar-refractivity contribution in [3.63, 3.8) is 0 Å². The normalized spacial score (nSPS) is 29.5. The van der Waals surface area contributed by atoms with E-state index in [2.05, 4.69) is 44.9 Å². The number of fused-ring (bicyclic) bond motifs is 3. The van der Waals surface area contributed by atoms with Crippen LogP contribution < -0.4 is 4.90 Å². The zero-order valence-corrected chi connectivity index (χ0v) is 16.4. The number of anilines is 1. The highest BCUT2D eigenvalue weighted by molar-refractivity contribution is 9.10. The molecule has 2 fully saturated rings. The maximum atomic E-state index is 13.3. The van der Waals surface area contributed by atoms with E-state index in [9.17, 15) is 9.90 Å². The third kappa shape index (κ3) is 2.89. The van der Waals surface area contributed by atoms with Crippen LogP contribution in [0.1, 0.15) is 50.1 Å². The van der Waals surface area contributed by atoms with Crippen LogP contribution in [-0.2, 0) is 4.79 Å². The van der Waals surface area contributed by atoms with Gasteiger partial charge in [-0.05, 0) is 43.0 Å². The minimum atomic E-state index is 0.0860. The standard InChI is InChI=1S/C20H27BrN2O2/c1-22-17-8-7-14(21)11-16(17)19-15(18(22)12-24)9-10-23(19)20(25)13-5-3-2-4-6-13/h7-8,11,13,15,18-19,24H,2-6,9-10,12H2,1H3/t15-,18-,19-/m0/s1. The molecule has 2 heterocycles. The van der Waals surface area contributed by atoms with E-state index < -0.39 is 0 Å². The third-order valence-corrected chi connectivity index (χ3v) is 7.04. The largest absolute Gasteiger partial charge is 0.394 e. The van der Waals surface area contributed by atoms with Crippen molar-refractivity contribution >= 4 is 27.5 Å². The molecule has 5 heteroatoms. The Morgan fingerprint density at radius 3 is 2.72 bits per heavy atom. The third-order valence-electron chi connectivity index (χ3n) is 6.55. The van der Waals surface area contributed by atoms with E-state index >= 15 is 0 Å². The van der Waals surface area contributed by atoms with Crippen LogP contribution in [0.4, 0.5) is 5.69 Å². The Bertz CT molecular complexity index is 659. The van der Waals surface area contributed by atoms with E-state index in [0.717, 1.165) is 36.0 Å². The fourth-order valence-corrected chi connectivity index (χ4v) is 5.63. The van der Waals surface area contributed by atoms with Gasteiger partial charge in [0.15, 0.2) is 0 Å². The summed E-state index contributed by atoms with van der Waals surface area (Å²) < 4.78 is 1.05. The van der Waals surface area contributed by atoms with Gasteiger partial charge in [0.25, 0.3) is 0 Å². The van der Waals surface area contributed by atoms with Crippen LogP contribution in [0.2, 0.25) is 0 Å². The highest BCUT2D eigenvalue weighted by atomic mass is 79.9. The number of halogens is 1. The molecule has 3 atom stereocenters. The molecule has 2 aliphatic heterocycles. The molecule has 0 aromatic heterocycles. The molecule has 1 aromatic carbocycles. The average Bonchev–Trinajstić information content (AvgIpc) is 3.07. The number of likely N-dealkylation sites (N-methyl/N-ethyl adjacent to an activating group) is 1. The van der Waals surface area contributed by atoms with Gasteiger partial charge in [-0.25, -0.2) is 0 Å². The molecule has 0 unspecified atom stereocenters. The topological polar surface area (TPSA) is 43.8 Å². The molecular formula is C20H27BrN2O2. The number of benzene rings is 1. The molecule has 3 aliphatic rings. The van der Waals surface area contributed by atoms with Gasteiger partial charge in [-0.1, -0.05) is 35.2 Å². The van der Waals surface area contributed by atoms with Gasteiger partial charge in [-0.3, -0.25) is 4.79 Å². The molecule has 1 amide bonds. The van der Waals surface area contributed by atoms with Crippen LogP contribution >= 0.6 is 15.9 Å². The SMILES string of the molecule is CN1c2ccc(Br)cc2[C@@H]2[C@@H](CCN2C(=O)C2CCCCC2)[C@@H]1CO. The second-order valence-corrected chi connectivity index (χ2v) is 8.74. The fraction of sp³-hybridized carbons (Fsp3) is 0.650. The summed E-state index contributed by atoms with van der Waals surface area (Å²) in [6.07, 6.45) is 6.70. The maximum absolute atomic E-state index is 13.3. The zero-order chi connectivity index (χ0) is 17.6. The molecule has 0 radical (unpaired) electrons. The average molecular weight is 407 g/mol. The lowest BCUT2D eigenvalue weighted by atomic mass is 9.81. The lowest BCUT2D eigenvalue weighted by Gasteiger charge is -2.45. The fourth-order valence-electron chi connectivity index (χ4n) is 5.26. The van der Waals surface area contributed by atoms with Gasteiger partial charge in [0.05, 0.1) is 18.7 Å². The molecule has 0 bridgehead atoms. The molecule has 1 N–H and O–H groups in total. The van der Waals surface area contributed by atoms with E-state index in [-0.39, 0.29) is 24.6 Å². The molecule has 1 saturated carbocycles. The molecule has 1 aliphatic carbocycles. The van der Waals surface area contributed by atoms with E-state index in [4.69, 9.17) is 0 Å². The van der Waals surface area contributed by atoms with Crippen molar-refractivity contribution in [1.29, 1.82) is 0 Å². The van der Waals surface area contributed by atoms with Crippen molar-refractivity contribution in [3.8, 4) is 0 Å². The summed E-state index contributed by atoms with van der Waals surface area (Å²) in [7, 11) is 2.06. The van der Waals surface area contributed by atoms with E-state index in [0.29, 0.717) is 11.8 Å². The number of carbonyl (C=O) groups excluding carboxylic acids is 1. The van der Waals surface area contributed by atoms with Crippen molar-refractivity contribution < 1.29 is 9.90 Å². The Labute approximate surface area is 158 Å². The molecule has 1 aromatic rings. The molecule has 4 rings (SSSR count). The summed E-state index contributed by atoms with van der Waals surface area (Å²) in [4.78, 5) is 17.6. The smallest absolute Gasteiger partial charge is 0.226 e. The highest BCUT2D eigenvalue weighted by Crippen LogP contribution is 2.49.